The molecule has 3 heterocycles. The van der Waals surface area contributed by atoms with Crippen molar-refractivity contribution in [2.24, 2.45) is 0 Å². The molecular weight excluding hydrogens is 232 g/mol. The quantitative estimate of drug-likeness (QED) is 0.800. The normalized spacial score (nSPS) is 23.9. The first-order valence-electron chi connectivity index (χ1n) is 6.60. The van der Waals surface area contributed by atoms with Crippen LogP contribution in [0.15, 0.2) is 4.42 Å². The Labute approximate surface area is 107 Å². The van der Waals surface area contributed by atoms with Crippen molar-refractivity contribution in [3.05, 3.63) is 17.3 Å². The highest BCUT2D eigenvalue weighted by molar-refractivity contribution is 5.05. The fourth-order valence-corrected chi connectivity index (χ4v) is 2.74. The number of piperidine rings is 1. The van der Waals surface area contributed by atoms with E-state index in [4.69, 9.17) is 13.9 Å². The molecule has 0 saturated carbocycles. The zero-order valence-corrected chi connectivity index (χ0v) is 11.1. The summed E-state index contributed by atoms with van der Waals surface area (Å²) in [5.41, 5.74) is 0.977. The van der Waals surface area contributed by atoms with Crippen LogP contribution in [0.2, 0.25) is 0 Å². The standard InChI is InChI=1S/C13H20N2O3/c1-10-11(2)18-12(14-10)8-15-5-3-4-13(9-15)16-6-7-17-13/h3-9H2,1-2H3. The van der Waals surface area contributed by atoms with E-state index < -0.39 is 0 Å². The van der Waals surface area contributed by atoms with Crippen LogP contribution in [0.5, 0.6) is 0 Å². The van der Waals surface area contributed by atoms with Crippen LogP contribution in [0, 0.1) is 13.8 Å². The van der Waals surface area contributed by atoms with Gasteiger partial charge in [-0.05, 0) is 26.8 Å². The summed E-state index contributed by atoms with van der Waals surface area (Å²) in [6.45, 7) is 7.96. The molecule has 0 aromatic carbocycles. The van der Waals surface area contributed by atoms with Crippen molar-refractivity contribution in [2.75, 3.05) is 26.3 Å². The monoisotopic (exact) mass is 252 g/mol. The topological polar surface area (TPSA) is 47.7 Å². The lowest BCUT2D eigenvalue weighted by molar-refractivity contribution is -0.190. The molecule has 18 heavy (non-hydrogen) atoms. The van der Waals surface area contributed by atoms with Crippen LogP contribution in [-0.4, -0.2) is 42.0 Å². The maximum atomic E-state index is 5.76. The Morgan fingerprint density at radius 2 is 2.06 bits per heavy atom. The van der Waals surface area contributed by atoms with Crippen molar-refractivity contribution in [3.8, 4) is 0 Å². The van der Waals surface area contributed by atoms with Crippen molar-refractivity contribution < 1.29 is 13.9 Å². The van der Waals surface area contributed by atoms with Gasteiger partial charge in [0.25, 0.3) is 0 Å². The summed E-state index contributed by atoms with van der Waals surface area (Å²) in [5, 5.41) is 0. The van der Waals surface area contributed by atoms with Gasteiger partial charge in [-0.3, -0.25) is 4.90 Å². The summed E-state index contributed by atoms with van der Waals surface area (Å²) < 4.78 is 17.2. The second-order valence-electron chi connectivity index (χ2n) is 5.17. The molecule has 2 fully saturated rings. The van der Waals surface area contributed by atoms with Crippen molar-refractivity contribution in [2.45, 2.75) is 39.0 Å². The molecule has 0 unspecified atom stereocenters. The maximum Gasteiger partial charge on any atom is 0.208 e. The molecule has 0 radical (unpaired) electrons. The molecule has 5 nitrogen and oxygen atoms in total. The minimum absolute atomic E-state index is 0.366. The highest BCUT2D eigenvalue weighted by Gasteiger charge is 2.40. The predicted octanol–water partition coefficient (Wildman–Crippen LogP) is 1.63. The van der Waals surface area contributed by atoms with Crippen LogP contribution in [0.1, 0.15) is 30.2 Å². The summed E-state index contributed by atoms with van der Waals surface area (Å²) in [4.78, 5) is 6.73. The van der Waals surface area contributed by atoms with Gasteiger partial charge in [-0.15, -0.1) is 0 Å². The van der Waals surface area contributed by atoms with E-state index in [0.717, 1.165) is 49.8 Å². The summed E-state index contributed by atoms with van der Waals surface area (Å²) in [7, 11) is 0. The second-order valence-corrected chi connectivity index (χ2v) is 5.17. The van der Waals surface area contributed by atoms with E-state index >= 15 is 0 Å². The Kier molecular flexibility index (Phi) is 3.13. The minimum Gasteiger partial charge on any atom is -0.444 e. The first-order chi connectivity index (χ1) is 8.67. The fourth-order valence-electron chi connectivity index (χ4n) is 2.74. The largest absolute Gasteiger partial charge is 0.444 e. The van der Waals surface area contributed by atoms with Crippen LogP contribution in [0.25, 0.3) is 0 Å². The van der Waals surface area contributed by atoms with E-state index in [1.165, 1.54) is 0 Å². The molecule has 0 atom stereocenters. The SMILES string of the molecule is Cc1nc(CN2CCCC3(C2)OCCO3)oc1C. The molecule has 0 aliphatic carbocycles. The molecule has 3 rings (SSSR count). The molecule has 1 aromatic rings. The Balaban J connectivity index is 1.65. The molecule has 100 valence electrons. The van der Waals surface area contributed by atoms with Gasteiger partial charge in [0.2, 0.25) is 5.89 Å². The number of likely N-dealkylation sites (tertiary alicyclic amines) is 1. The van der Waals surface area contributed by atoms with Crippen LogP contribution >= 0.6 is 0 Å². The average molecular weight is 252 g/mol. The van der Waals surface area contributed by atoms with Gasteiger partial charge in [-0.2, -0.15) is 0 Å². The van der Waals surface area contributed by atoms with Gasteiger partial charge in [0, 0.05) is 6.42 Å². The average Bonchev–Trinajstić information content (AvgIpc) is 2.88. The highest BCUT2D eigenvalue weighted by atomic mass is 16.7. The molecule has 0 N–H and O–H groups in total. The maximum absolute atomic E-state index is 5.76. The van der Waals surface area contributed by atoms with Gasteiger partial charge < -0.3 is 13.9 Å². The van der Waals surface area contributed by atoms with Gasteiger partial charge in [0.05, 0.1) is 32.0 Å². The first-order valence-corrected chi connectivity index (χ1v) is 6.60. The fraction of sp³-hybridized carbons (Fsp3) is 0.769. The van der Waals surface area contributed by atoms with Gasteiger partial charge in [-0.1, -0.05) is 0 Å². The molecular formula is C13H20N2O3. The number of aryl methyl sites for hydroxylation is 2. The highest BCUT2D eigenvalue weighted by Crippen LogP contribution is 2.30. The summed E-state index contributed by atoms with van der Waals surface area (Å²) in [6.07, 6.45) is 2.09. The molecule has 5 heteroatoms. The molecule has 0 amide bonds. The van der Waals surface area contributed by atoms with Crippen LogP contribution in [-0.2, 0) is 16.0 Å². The van der Waals surface area contributed by atoms with Gasteiger partial charge >= 0.3 is 0 Å². The van der Waals surface area contributed by atoms with E-state index in [-0.39, 0.29) is 5.79 Å². The Bertz CT molecular complexity index is 404. The second kappa shape index (κ2) is 4.64. The Hall–Kier alpha value is -0.910. The molecule has 0 bridgehead atoms. The number of nitrogens with zero attached hydrogens (tertiary/aromatic N) is 2. The molecule has 1 aromatic heterocycles. The van der Waals surface area contributed by atoms with E-state index in [1.807, 2.05) is 13.8 Å². The van der Waals surface area contributed by atoms with Crippen molar-refractivity contribution in [1.82, 2.24) is 9.88 Å². The van der Waals surface area contributed by atoms with Gasteiger partial charge in [0.15, 0.2) is 5.79 Å². The van der Waals surface area contributed by atoms with Crippen molar-refractivity contribution >= 4 is 0 Å². The Morgan fingerprint density at radius 3 is 2.72 bits per heavy atom. The summed E-state index contributed by atoms with van der Waals surface area (Å²) in [6, 6.07) is 0. The lowest BCUT2D eigenvalue weighted by atomic mass is 10.0. The van der Waals surface area contributed by atoms with Crippen LogP contribution < -0.4 is 0 Å². The van der Waals surface area contributed by atoms with E-state index in [0.29, 0.717) is 13.2 Å². The third-order valence-corrected chi connectivity index (χ3v) is 3.74. The van der Waals surface area contributed by atoms with Crippen LogP contribution in [0.4, 0.5) is 0 Å². The lowest BCUT2D eigenvalue weighted by Gasteiger charge is -2.37. The van der Waals surface area contributed by atoms with E-state index in [2.05, 4.69) is 9.88 Å². The smallest absolute Gasteiger partial charge is 0.208 e. The number of rotatable bonds is 2. The van der Waals surface area contributed by atoms with Gasteiger partial charge in [0.1, 0.15) is 5.76 Å². The third kappa shape index (κ3) is 2.30. The zero-order valence-electron chi connectivity index (χ0n) is 11.1. The number of ether oxygens (including phenoxy) is 2. The number of hydrogen-bond donors (Lipinski definition) is 0. The predicted molar refractivity (Wildman–Crippen MR) is 65.1 cm³/mol. The van der Waals surface area contributed by atoms with E-state index in [9.17, 15) is 0 Å². The summed E-state index contributed by atoms with van der Waals surface area (Å²) >= 11 is 0. The molecule has 2 saturated heterocycles. The zero-order chi connectivity index (χ0) is 12.6. The van der Waals surface area contributed by atoms with Gasteiger partial charge in [-0.25, -0.2) is 4.98 Å². The minimum atomic E-state index is -0.366. The number of aromatic nitrogens is 1. The third-order valence-electron chi connectivity index (χ3n) is 3.74. The molecule has 2 aliphatic heterocycles. The number of oxazole rings is 1. The van der Waals surface area contributed by atoms with E-state index in [1.54, 1.807) is 0 Å². The Morgan fingerprint density at radius 1 is 1.28 bits per heavy atom. The lowest BCUT2D eigenvalue weighted by Crippen LogP contribution is -2.48. The van der Waals surface area contributed by atoms with Crippen molar-refractivity contribution in [3.63, 3.8) is 0 Å². The summed E-state index contributed by atoms with van der Waals surface area (Å²) in [5.74, 6) is 1.33. The molecule has 2 aliphatic rings. The molecule has 1 spiro atoms. The van der Waals surface area contributed by atoms with Crippen molar-refractivity contribution in [1.29, 1.82) is 0 Å². The number of hydrogen-bond acceptors (Lipinski definition) is 5. The van der Waals surface area contributed by atoms with Crippen LogP contribution in [0.3, 0.4) is 0 Å². The first kappa shape index (κ1) is 12.1.